The van der Waals surface area contributed by atoms with Crippen LogP contribution in [0.3, 0.4) is 0 Å². The van der Waals surface area contributed by atoms with Gasteiger partial charge in [0.2, 0.25) is 5.91 Å². The number of anilines is 2. The van der Waals surface area contributed by atoms with E-state index in [4.69, 9.17) is 10.5 Å². The summed E-state index contributed by atoms with van der Waals surface area (Å²) in [7, 11) is 0. The first-order valence-electron chi connectivity index (χ1n) is 4.95. The predicted molar refractivity (Wildman–Crippen MR) is 68.3 cm³/mol. The zero-order valence-corrected chi connectivity index (χ0v) is 10.9. The molecule has 5 heteroatoms. The van der Waals surface area contributed by atoms with E-state index < -0.39 is 0 Å². The number of rotatable bonds is 4. The van der Waals surface area contributed by atoms with E-state index in [-0.39, 0.29) is 18.6 Å². The third-order valence-corrected chi connectivity index (χ3v) is 2.33. The summed E-state index contributed by atoms with van der Waals surface area (Å²) in [5.74, 6) is -0.206. The normalized spacial score (nSPS) is 10.5. The van der Waals surface area contributed by atoms with E-state index in [2.05, 4.69) is 21.2 Å². The molecule has 0 aromatic heterocycles. The Labute approximate surface area is 103 Å². The van der Waals surface area contributed by atoms with Gasteiger partial charge in [0.25, 0.3) is 0 Å². The summed E-state index contributed by atoms with van der Waals surface area (Å²) in [4.78, 5) is 11.5. The number of nitrogens with two attached hydrogens (primary N) is 1. The Morgan fingerprint density at radius 2 is 2.25 bits per heavy atom. The fourth-order valence-electron chi connectivity index (χ4n) is 1.08. The Hall–Kier alpha value is -1.07. The summed E-state index contributed by atoms with van der Waals surface area (Å²) in [6, 6.07) is 5.29. The molecule has 0 aliphatic carbocycles. The van der Waals surface area contributed by atoms with Crippen molar-refractivity contribution >= 4 is 33.2 Å². The summed E-state index contributed by atoms with van der Waals surface area (Å²) >= 11 is 3.29. The fraction of sp³-hybridized carbons (Fsp3) is 0.364. The predicted octanol–water partition coefficient (Wildman–Crippen LogP) is 2.39. The molecule has 1 aromatic rings. The van der Waals surface area contributed by atoms with Crippen LogP contribution < -0.4 is 11.1 Å². The smallest absolute Gasteiger partial charge is 0.250 e. The molecule has 16 heavy (non-hydrogen) atoms. The Morgan fingerprint density at radius 1 is 1.56 bits per heavy atom. The largest absolute Gasteiger partial charge is 0.397 e. The lowest BCUT2D eigenvalue weighted by atomic mass is 10.2. The van der Waals surface area contributed by atoms with E-state index in [0.29, 0.717) is 11.4 Å². The van der Waals surface area contributed by atoms with Crippen LogP contribution in [0.5, 0.6) is 0 Å². The molecule has 88 valence electrons. The van der Waals surface area contributed by atoms with Gasteiger partial charge in [-0.1, -0.05) is 15.9 Å². The number of hydrogen-bond acceptors (Lipinski definition) is 3. The van der Waals surface area contributed by atoms with Gasteiger partial charge in [0, 0.05) is 4.47 Å². The summed E-state index contributed by atoms with van der Waals surface area (Å²) in [6.07, 6.45) is 0.0352. The minimum atomic E-state index is -0.206. The molecule has 1 rings (SSSR count). The SMILES string of the molecule is CC(C)OCC(=O)Nc1ccc(Br)cc1N. The van der Waals surface area contributed by atoms with Gasteiger partial charge in [0.05, 0.1) is 17.5 Å². The first-order valence-corrected chi connectivity index (χ1v) is 5.75. The summed E-state index contributed by atoms with van der Waals surface area (Å²) in [5.41, 5.74) is 6.86. The summed E-state index contributed by atoms with van der Waals surface area (Å²) in [5, 5.41) is 2.68. The second-order valence-electron chi connectivity index (χ2n) is 3.64. The van der Waals surface area contributed by atoms with Crippen molar-refractivity contribution in [2.45, 2.75) is 20.0 Å². The van der Waals surface area contributed by atoms with Gasteiger partial charge in [0.15, 0.2) is 0 Å². The molecule has 0 radical (unpaired) electrons. The van der Waals surface area contributed by atoms with Crippen LogP contribution in [-0.2, 0) is 9.53 Å². The molecule has 0 aliphatic rings. The first-order chi connectivity index (χ1) is 7.49. The van der Waals surface area contributed by atoms with E-state index in [9.17, 15) is 4.79 Å². The average Bonchev–Trinajstić information content (AvgIpc) is 2.19. The number of carbonyl (C=O) groups excluding carboxylic acids is 1. The van der Waals surface area contributed by atoms with Crippen molar-refractivity contribution in [1.29, 1.82) is 0 Å². The number of amides is 1. The van der Waals surface area contributed by atoms with Crippen LogP contribution in [-0.4, -0.2) is 18.6 Å². The first kappa shape index (κ1) is 13.0. The summed E-state index contributed by atoms with van der Waals surface area (Å²) in [6.45, 7) is 3.79. The summed E-state index contributed by atoms with van der Waals surface area (Å²) < 4.78 is 6.05. The second-order valence-corrected chi connectivity index (χ2v) is 4.56. The third kappa shape index (κ3) is 4.20. The van der Waals surface area contributed by atoms with E-state index in [1.807, 2.05) is 19.9 Å². The van der Waals surface area contributed by atoms with Gasteiger partial charge in [-0.05, 0) is 32.0 Å². The molecule has 0 unspecified atom stereocenters. The highest BCUT2D eigenvalue weighted by Crippen LogP contribution is 2.22. The van der Waals surface area contributed by atoms with Crippen molar-refractivity contribution in [3.63, 3.8) is 0 Å². The van der Waals surface area contributed by atoms with E-state index in [1.54, 1.807) is 12.1 Å². The van der Waals surface area contributed by atoms with Crippen LogP contribution in [0.4, 0.5) is 11.4 Å². The van der Waals surface area contributed by atoms with Crippen molar-refractivity contribution < 1.29 is 9.53 Å². The minimum absolute atomic E-state index is 0.0349. The number of carbonyl (C=O) groups is 1. The zero-order valence-electron chi connectivity index (χ0n) is 9.29. The van der Waals surface area contributed by atoms with Crippen molar-refractivity contribution in [2.75, 3.05) is 17.7 Å². The van der Waals surface area contributed by atoms with Crippen LogP contribution in [0.1, 0.15) is 13.8 Å². The lowest BCUT2D eigenvalue weighted by Crippen LogP contribution is -2.21. The van der Waals surface area contributed by atoms with Crippen molar-refractivity contribution in [1.82, 2.24) is 0 Å². The van der Waals surface area contributed by atoms with E-state index in [1.165, 1.54) is 0 Å². The molecule has 0 aliphatic heterocycles. The Morgan fingerprint density at radius 3 is 2.81 bits per heavy atom. The monoisotopic (exact) mass is 286 g/mol. The lowest BCUT2D eigenvalue weighted by molar-refractivity contribution is -0.121. The molecule has 0 saturated carbocycles. The van der Waals surface area contributed by atoms with Crippen LogP contribution >= 0.6 is 15.9 Å². The highest BCUT2D eigenvalue weighted by Gasteiger charge is 2.06. The molecule has 0 spiro atoms. The number of halogens is 1. The van der Waals surface area contributed by atoms with Gasteiger partial charge in [-0.25, -0.2) is 0 Å². The number of hydrogen-bond donors (Lipinski definition) is 2. The van der Waals surface area contributed by atoms with Gasteiger partial charge < -0.3 is 15.8 Å². The van der Waals surface area contributed by atoms with Crippen molar-refractivity contribution in [3.8, 4) is 0 Å². The number of ether oxygens (including phenoxy) is 1. The van der Waals surface area contributed by atoms with Gasteiger partial charge in [-0.3, -0.25) is 4.79 Å². The molecule has 4 nitrogen and oxygen atoms in total. The molecule has 1 amide bonds. The number of benzene rings is 1. The average molecular weight is 287 g/mol. The number of nitrogens with one attached hydrogen (secondary N) is 1. The maximum absolute atomic E-state index is 11.5. The van der Waals surface area contributed by atoms with E-state index in [0.717, 1.165) is 4.47 Å². The van der Waals surface area contributed by atoms with E-state index >= 15 is 0 Å². The molecule has 0 atom stereocenters. The topological polar surface area (TPSA) is 64.3 Å². The maximum atomic E-state index is 11.5. The zero-order chi connectivity index (χ0) is 12.1. The van der Waals surface area contributed by atoms with Crippen LogP contribution in [0.25, 0.3) is 0 Å². The van der Waals surface area contributed by atoms with Gasteiger partial charge in [-0.2, -0.15) is 0 Å². The molecular formula is C11H15BrN2O2. The Bertz CT molecular complexity index is 380. The van der Waals surface area contributed by atoms with Crippen molar-refractivity contribution in [3.05, 3.63) is 22.7 Å². The van der Waals surface area contributed by atoms with Crippen LogP contribution in [0.2, 0.25) is 0 Å². The van der Waals surface area contributed by atoms with Crippen molar-refractivity contribution in [2.24, 2.45) is 0 Å². The van der Waals surface area contributed by atoms with Gasteiger partial charge >= 0.3 is 0 Å². The number of nitrogen functional groups attached to an aromatic ring is 1. The molecule has 0 heterocycles. The Kier molecular flexibility index (Phi) is 4.76. The molecule has 0 saturated heterocycles. The second kappa shape index (κ2) is 5.86. The molecule has 3 N–H and O–H groups in total. The van der Waals surface area contributed by atoms with Gasteiger partial charge in [0.1, 0.15) is 6.61 Å². The maximum Gasteiger partial charge on any atom is 0.250 e. The molecular weight excluding hydrogens is 272 g/mol. The lowest BCUT2D eigenvalue weighted by Gasteiger charge is -2.10. The van der Waals surface area contributed by atoms with Gasteiger partial charge in [-0.15, -0.1) is 0 Å². The molecule has 1 aromatic carbocycles. The van der Waals surface area contributed by atoms with Crippen LogP contribution in [0.15, 0.2) is 22.7 Å². The highest BCUT2D eigenvalue weighted by atomic mass is 79.9. The van der Waals surface area contributed by atoms with Crippen LogP contribution in [0, 0.1) is 0 Å². The highest BCUT2D eigenvalue weighted by molar-refractivity contribution is 9.10. The fourth-order valence-corrected chi connectivity index (χ4v) is 1.45. The Balaban J connectivity index is 2.56. The molecule has 0 bridgehead atoms. The third-order valence-electron chi connectivity index (χ3n) is 1.84. The molecule has 0 fully saturated rings. The quantitative estimate of drug-likeness (QED) is 0.836. The standard InChI is InChI=1S/C11H15BrN2O2/c1-7(2)16-6-11(15)14-10-4-3-8(12)5-9(10)13/h3-5,7H,6,13H2,1-2H3,(H,14,15). The minimum Gasteiger partial charge on any atom is -0.397 e.